The minimum Gasteiger partial charge on any atom is -0.481 e. The molecule has 0 radical (unpaired) electrons. The van der Waals surface area contributed by atoms with Crippen LogP contribution in [0.4, 0.5) is 0 Å². The van der Waals surface area contributed by atoms with Crippen LogP contribution in [0.1, 0.15) is 12.8 Å². The van der Waals surface area contributed by atoms with Crippen molar-refractivity contribution >= 4 is 11.7 Å². The van der Waals surface area contributed by atoms with Crippen molar-refractivity contribution in [3.63, 3.8) is 0 Å². The highest BCUT2D eigenvalue weighted by atomic mass is 16.4. The van der Waals surface area contributed by atoms with Gasteiger partial charge in [0.1, 0.15) is 0 Å². The Hall–Kier alpha value is -1.58. The first kappa shape index (κ1) is 8.52. The van der Waals surface area contributed by atoms with E-state index in [9.17, 15) is 4.79 Å². The Morgan fingerprint density at radius 2 is 2.50 bits per heavy atom. The van der Waals surface area contributed by atoms with Crippen LogP contribution in [-0.4, -0.2) is 16.8 Å². The first-order valence-corrected chi connectivity index (χ1v) is 3.58. The molecule has 1 aliphatic rings. The number of rotatable bonds is 2. The van der Waals surface area contributed by atoms with Crippen molar-refractivity contribution in [2.24, 2.45) is 10.9 Å². The Bertz CT molecular complexity index is 277. The van der Waals surface area contributed by atoms with Crippen molar-refractivity contribution in [1.82, 2.24) is 0 Å². The van der Waals surface area contributed by atoms with Gasteiger partial charge in [0.25, 0.3) is 0 Å². The summed E-state index contributed by atoms with van der Waals surface area (Å²) in [5.41, 5.74) is 1.34. The predicted molar refractivity (Wildman–Crippen MR) is 45.7 cm³/mol. The first-order valence-electron chi connectivity index (χ1n) is 3.58. The zero-order chi connectivity index (χ0) is 8.97. The monoisotopic (exact) mass is 166 g/mol. The minimum atomic E-state index is -0.863. The van der Waals surface area contributed by atoms with Gasteiger partial charge in [-0.1, -0.05) is 18.2 Å². The van der Waals surface area contributed by atoms with Crippen molar-refractivity contribution in [3.05, 3.63) is 23.8 Å². The number of carboxylic acid groups (broad SMARTS) is 1. The number of aliphatic carboxylic acids is 1. The number of carboxylic acids is 1. The largest absolute Gasteiger partial charge is 0.481 e. The quantitative estimate of drug-likeness (QED) is 0.467. The summed E-state index contributed by atoms with van der Waals surface area (Å²) in [6.45, 7) is 0. The lowest BCUT2D eigenvalue weighted by Crippen LogP contribution is -2.11. The SMILES string of the molecule is NN=C1CC=CC=C1CC(=O)O. The summed E-state index contributed by atoms with van der Waals surface area (Å²) < 4.78 is 0. The van der Waals surface area contributed by atoms with Crippen LogP contribution in [0.15, 0.2) is 28.9 Å². The molecule has 0 heterocycles. The molecule has 4 heteroatoms. The third kappa shape index (κ3) is 1.95. The molecule has 0 aromatic heterocycles. The maximum absolute atomic E-state index is 10.4. The highest BCUT2D eigenvalue weighted by Crippen LogP contribution is 2.12. The summed E-state index contributed by atoms with van der Waals surface area (Å²) in [6, 6.07) is 0. The van der Waals surface area contributed by atoms with Gasteiger partial charge in [0.2, 0.25) is 0 Å². The number of allylic oxidation sites excluding steroid dienone is 3. The van der Waals surface area contributed by atoms with Gasteiger partial charge in [-0.15, -0.1) is 0 Å². The number of nitrogens with two attached hydrogens (primary N) is 1. The topological polar surface area (TPSA) is 75.7 Å². The molecule has 0 aromatic rings. The lowest BCUT2D eigenvalue weighted by atomic mass is 10.00. The van der Waals surface area contributed by atoms with E-state index in [0.29, 0.717) is 17.7 Å². The van der Waals surface area contributed by atoms with Crippen LogP contribution in [0, 0.1) is 0 Å². The molecule has 0 fully saturated rings. The van der Waals surface area contributed by atoms with Gasteiger partial charge in [0.05, 0.1) is 12.1 Å². The molecule has 0 unspecified atom stereocenters. The average Bonchev–Trinajstić information content (AvgIpc) is 2.04. The molecule has 0 saturated carbocycles. The van der Waals surface area contributed by atoms with Crippen LogP contribution in [-0.2, 0) is 4.79 Å². The molecule has 0 amide bonds. The molecule has 1 rings (SSSR count). The lowest BCUT2D eigenvalue weighted by Gasteiger charge is -2.08. The molecule has 1 aliphatic carbocycles. The van der Waals surface area contributed by atoms with Gasteiger partial charge in [0, 0.05) is 6.42 Å². The smallest absolute Gasteiger partial charge is 0.307 e. The number of carbonyl (C=O) groups is 1. The molecular formula is C8H10N2O2. The molecule has 0 aromatic carbocycles. The van der Waals surface area contributed by atoms with Gasteiger partial charge in [-0.25, -0.2) is 0 Å². The van der Waals surface area contributed by atoms with Crippen molar-refractivity contribution < 1.29 is 9.90 Å². The summed E-state index contributed by atoms with van der Waals surface area (Å²) in [5.74, 6) is 4.23. The molecule has 0 aliphatic heterocycles. The molecule has 4 nitrogen and oxygen atoms in total. The van der Waals surface area contributed by atoms with Crippen molar-refractivity contribution in [2.75, 3.05) is 0 Å². The van der Waals surface area contributed by atoms with Crippen molar-refractivity contribution in [2.45, 2.75) is 12.8 Å². The Kier molecular flexibility index (Phi) is 2.63. The van der Waals surface area contributed by atoms with E-state index in [1.165, 1.54) is 0 Å². The van der Waals surface area contributed by atoms with E-state index in [1.807, 2.05) is 12.2 Å². The molecule has 12 heavy (non-hydrogen) atoms. The summed E-state index contributed by atoms with van der Waals surface area (Å²) in [7, 11) is 0. The minimum absolute atomic E-state index is 0.0135. The molecule has 0 atom stereocenters. The van der Waals surface area contributed by atoms with Gasteiger partial charge < -0.3 is 10.9 Å². The standard InChI is InChI=1S/C8H10N2O2/c9-10-7-4-2-1-3-6(7)5-8(11)12/h1-3H,4-5,9H2,(H,11,12). The molecule has 0 bridgehead atoms. The Balaban J connectivity index is 2.77. The van der Waals surface area contributed by atoms with E-state index in [-0.39, 0.29) is 6.42 Å². The average molecular weight is 166 g/mol. The molecule has 64 valence electrons. The van der Waals surface area contributed by atoms with Crippen LogP contribution < -0.4 is 5.84 Å². The summed E-state index contributed by atoms with van der Waals surface area (Å²) in [6.07, 6.45) is 6.03. The second kappa shape index (κ2) is 3.71. The number of hydrazone groups is 1. The van der Waals surface area contributed by atoms with E-state index < -0.39 is 5.97 Å². The second-order valence-corrected chi connectivity index (χ2v) is 2.47. The van der Waals surface area contributed by atoms with Gasteiger partial charge >= 0.3 is 5.97 Å². The molecule has 0 spiro atoms. The Morgan fingerprint density at radius 1 is 1.75 bits per heavy atom. The number of hydrogen-bond acceptors (Lipinski definition) is 3. The van der Waals surface area contributed by atoms with Crippen LogP contribution in [0.3, 0.4) is 0 Å². The third-order valence-electron chi connectivity index (χ3n) is 1.61. The predicted octanol–water partition coefficient (Wildman–Crippen LogP) is 0.662. The van der Waals surface area contributed by atoms with E-state index in [2.05, 4.69) is 5.10 Å². The zero-order valence-electron chi connectivity index (χ0n) is 6.53. The van der Waals surface area contributed by atoms with Crippen molar-refractivity contribution in [1.29, 1.82) is 0 Å². The third-order valence-corrected chi connectivity index (χ3v) is 1.61. The number of hydrogen-bond donors (Lipinski definition) is 2. The normalized spacial score (nSPS) is 19.3. The van der Waals surface area contributed by atoms with Gasteiger partial charge in [-0.2, -0.15) is 5.10 Å². The highest BCUT2D eigenvalue weighted by Gasteiger charge is 2.11. The van der Waals surface area contributed by atoms with E-state index in [1.54, 1.807) is 6.08 Å². The van der Waals surface area contributed by atoms with Gasteiger partial charge in [-0.3, -0.25) is 4.79 Å². The van der Waals surface area contributed by atoms with Crippen LogP contribution >= 0.6 is 0 Å². The fourth-order valence-electron chi connectivity index (χ4n) is 1.05. The molecule has 0 saturated heterocycles. The highest BCUT2D eigenvalue weighted by molar-refractivity contribution is 6.04. The van der Waals surface area contributed by atoms with E-state index in [0.717, 1.165) is 0 Å². The maximum atomic E-state index is 10.4. The van der Waals surface area contributed by atoms with E-state index in [4.69, 9.17) is 10.9 Å². The fraction of sp³-hybridized carbons (Fsp3) is 0.250. The summed E-state index contributed by atoms with van der Waals surface area (Å²) in [4.78, 5) is 10.4. The molecule has 3 N–H and O–H groups in total. The Labute approximate surface area is 70.1 Å². The van der Waals surface area contributed by atoms with Gasteiger partial charge in [0.15, 0.2) is 0 Å². The summed E-state index contributed by atoms with van der Waals surface area (Å²) in [5, 5.41) is 12.0. The second-order valence-electron chi connectivity index (χ2n) is 2.47. The molecular weight excluding hydrogens is 156 g/mol. The van der Waals surface area contributed by atoms with Crippen LogP contribution in [0.5, 0.6) is 0 Å². The Morgan fingerprint density at radius 3 is 3.08 bits per heavy atom. The number of nitrogens with zero attached hydrogens (tertiary/aromatic N) is 1. The lowest BCUT2D eigenvalue weighted by molar-refractivity contribution is -0.136. The van der Waals surface area contributed by atoms with Gasteiger partial charge in [-0.05, 0) is 5.57 Å². The maximum Gasteiger partial charge on any atom is 0.307 e. The van der Waals surface area contributed by atoms with Crippen LogP contribution in [0.2, 0.25) is 0 Å². The fourth-order valence-corrected chi connectivity index (χ4v) is 1.05. The first-order chi connectivity index (χ1) is 5.74. The van der Waals surface area contributed by atoms with E-state index >= 15 is 0 Å². The summed E-state index contributed by atoms with van der Waals surface area (Å²) >= 11 is 0. The van der Waals surface area contributed by atoms with Crippen LogP contribution in [0.25, 0.3) is 0 Å². The van der Waals surface area contributed by atoms with Crippen molar-refractivity contribution in [3.8, 4) is 0 Å². The zero-order valence-corrected chi connectivity index (χ0v) is 6.53.